The van der Waals surface area contributed by atoms with Gasteiger partial charge in [0.2, 0.25) is 11.8 Å². The van der Waals surface area contributed by atoms with Crippen LogP contribution in [-0.4, -0.2) is 71.2 Å². The van der Waals surface area contributed by atoms with Crippen LogP contribution in [0.2, 0.25) is 0 Å². The van der Waals surface area contributed by atoms with E-state index in [1.165, 1.54) is 17.8 Å². The molecule has 3 aliphatic rings. The summed E-state index contributed by atoms with van der Waals surface area (Å²) in [6, 6.07) is -1.76. The van der Waals surface area contributed by atoms with Crippen molar-refractivity contribution in [2.24, 2.45) is 23.5 Å². The van der Waals surface area contributed by atoms with Gasteiger partial charge in [0.05, 0.1) is 35.5 Å². The Kier molecular flexibility index (Phi) is 9.46. The van der Waals surface area contributed by atoms with Crippen molar-refractivity contribution in [3.05, 3.63) is 74.5 Å². The summed E-state index contributed by atoms with van der Waals surface area (Å²) >= 11 is 1.30. The molecule has 47 heavy (non-hydrogen) atoms. The number of amides is 2. The van der Waals surface area contributed by atoms with Gasteiger partial charge in [-0.05, 0) is 60.9 Å². The van der Waals surface area contributed by atoms with Gasteiger partial charge in [-0.25, -0.2) is 0 Å². The van der Waals surface area contributed by atoms with Crippen molar-refractivity contribution in [2.45, 2.75) is 57.4 Å². The lowest BCUT2D eigenvalue weighted by Gasteiger charge is -2.20. The molecule has 10 N–H and O–H groups in total. The average molecular weight is 667 g/mol. The molecule has 2 unspecified atom stereocenters. The topological polar surface area (TPSA) is 231 Å². The van der Waals surface area contributed by atoms with Gasteiger partial charge in [0.15, 0.2) is 11.0 Å². The number of nitrogens with one attached hydrogen (secondary N) is 4. The molecule has 2 aromatic heterocycles. The highest BCUT2D eigenvalue weighted by atomic mass is 32.2. The van der Waals surface area contributed by atoms with Gasteiger partial charge < -0.3 is 46.8 Å². The largest absolute Gasteiger partial charge is 0.516 e. The van der Waals surface area contributed by atoms with Crippen LogP contribution in [0, 0.1) is 31.6 Å². The Labute approximate surface area is 274 Å². The fraction of sp³-hybridized carbons (Fsp3) is 0.394. The molecule has 14 heteroatoms. The maximum Gasteiger partial charge on any atom is 0.311 e. The van der Waals surface area contributed by atoms with Gasteiger partial charge in [-0.3, -0.25) is 19.2 Å². The first-order valence-corrected chi connectivity index (χ1v) is 16.4. The smallest absolute Gasteiger partial charge is 0.311 e. The number of aliphatic hydroxyl groups is 2. The second-order valence-electron chi connectivity index (χ2n) is 12.3. The van der Waals surface area contributed by atoms with E-state index < -0.39 is 42.1 Å². The van der Waals surface area contributed by atoms with Gasteiger partial charge in [0.1, 0.15) is 12.2 Å². The normalized spacial score (nSPS) is 27.2. The molecule has 250 valence electrons. The number of nitrogens with two attached hydrogens (primary N) is 1. The third-order valence-electron chi connectivity index (χ3n) is 9.32. The quantitative estimate of drug-likeness (QED) is 0.0537. The number of carbonyl (C=O) groups excluding carboxylic acids is 2. The van der Waals surface area contributed by atoms with Crippen LogP contribution >= 0.6 is 0 Å². The first-order valence-electron chi connectivity index (χ1n) is 15.3. The number of rotatable bonds is 11. The number of H-pyrrole nitrogens is 2. The minimum Gasteiger partial charge on any atom is -0.516 e. The first kappa shape index (κ1) is 33.7. The van der Waals surface area contributed by atoms with Gasteiger partial charge >= 0.3 is 11.9 Å². The molecule has 2 aromatic rings. The number of hydrogen-bond donors (Lipinski definition) is 9. The summed E-state index contributed by atoms with van der Waals surface area (Å²) in [5.74, 6) is -2.97. The van der Waals surface area contributed by atoms with Gasteiger partial charge in [-0.1, -0.05) is 13.0 Å². The fourth-order valence-electron chi connectivity index (χ4n) is 6.75. The molecule has 2 amide bonds. The highest BCUT2D eigenvalue weighted by Crippen LogP contribution is 2.38. The van der Waals surface area contributed by atoms with E-state index in [1.807, 2.05) is 19.9 Å². The molecule has 0 saturated carbocycles. The maximum absolute atomic E-state index is 12.6. The number of allylic oxidation sites excluding steroid dienone is 1. The van der Waals surface area contributed by atoms with E-state index >= 15 is 0 Å². The molecule has 3 saturated heterocycles. The van der Waals surface area contributed by atoms with E-state index in [0.29, 0.717) is 44.4 Å². The van der Waals surface area contributed by atoms with Gasteiger partial charge in [-0.2, -0.15) is 0 Å². The van der Waals surface area contributed by atoms with Gasteiger partial charge in [0, 0.05) is 45.9 Å². The zero-order chi connectivity index (χ0) is 34.3. The Hall–Kier alpha value is -4.69. The zero-order valence-corrected chi connectivity index (χ0v) is 27.1. The summed E-state index contributed by atoms with van der Waals surface area (Å²) in [5.41, 5.74) is 11.3. The minimum absolute atomic E-state index is 0.0395. The maximum atomic E-state index is 12.6. The van der Waals surface area contributed by atoms with Crippen LogP contribution in [0.4, 0.5) is 0 Å². The molecular weight excluding hydrogens is 626 g/mol. The summed E-state index contributed by atoms with van der Waals surface area (Å²) in [6.45, 7) is 9.10. The average Bonchev–Trinajstić information content (AvgIpc) is 3.52. The van der Waals surface area contributed by atoms with Crippen LogP contribution in [0.25, 0.3) is 17.9 Å². The first-order chi connectivity index (χ1) is 22.3. The van der Waals surface area contributed by atoms with Gasteiger partial charge in [-0.15, -0.1) is 6.58 Å². The highest BCUT2D eigenvalue weighted by molar-refractivity contribution is 7.86. The monoisotopic (exact) mass is 666 g/mol. The van der Waals surface area contributed by atoms with Crippen molar-refractivity contribution in [3.8, 4) is 0 Å². The summed E-state index contributed by atoms with van der Waals surface area (Å²) in [6.07, 6.45) is 5.12. The Morgan fingerprint density at radius 1 is 1.06 bits per heavy atom. The molecule has 6 atom stereocenters. The number of aromatic nitrogens is 2. The van der Waals surface area contributed by atoms with Crippen molar-refractivity contribution >= 4 is 53.4 Å². The number of aliphatic carboxylic acids is 2. The summed E-state index contributed by atoms with van der Waals surface area (Å²) in [4.78, 5) is 54.9. The van der Waals surface area contributed by atoms with Crippen LogP contribution in [0.5, 0.6) is 0 Å². The van der Waals surface area contributed by atoms with Crippen molar-refractivity contribution in [1.82, 2.24) is 20.6 Å². The van der Waals surface area contributed by atoms with Gasteiger partial charge in [0.25, 0.3) is 0 Å². The second kappa shape index (κ2) is 13.2. The van der Waals surface area contributed by atoms with E-state index in [2.05, 4.69) is 27.2 Å². The fourth-order valence-corrected chi connectivity index (χ4v) is 7.75. The highest BCUT2D eigenvalue weighted by Gasteiger charge is 2.52. The van der Waals surface area contributed by atoms with Crippen LogP contribution in [-0.2, 0) is 37.4 Å². The molecule has 0 spiro atoms. The van der Waals surface area contributed by atoms with Crippen LogP contribution in [0.15, 0.2) is 30.2 Å². The molecule has 5 heterocycles. The lowest BCUT2D eigenvalue weighted by atomic mass is 9.91. The van der Waals surface area contributed by atoms with E-state index in [4.69, 9.17) is 5.73 Å². The predicted molar refractivity (Wildman–Crippen MR) is 178 cm³/mol. The molecule has 13 nitrogen and oxygen atoms in total. The molecule has 0 radical (unpaired) electrons. The Morgan fingerprint density at radius 3 is 2.36 bits per heavy atom. The molecule has 3 fully saturated rings. The molecule has 0 aromatic carbocycles. The minimum atomic E-state index is -1.26. The number of hydrogen-bond acceptors (Lipinski definition) is 7. The van der Waals surface area contributed by atoms with E-state index in [-0.39, 0.29) is 41.7 Å². The SMILES string of the molecule is C=CC1C(=O)N[C@H](C(N)c2[nH]c(=C\c3[nH]c(/C=C4\NC(=O)[C@H](C)[C@H]4[C@@H]4C[SH+]4)c(C)c3CCC(=O)O)/c(=C(/O)CC(=O)O)c2C)/C1=C/O. The predicted octanol–water partition coefficient (Wildman–Crippen LogP) is 0.609. The van der Waals surface area contributed by atoms with Crippen LogP contribution in [0.1, 0.15) is 59.6 Å². The summed E-state index contributed by atoms with van der Waals surface area (Å²) in [5, 5.41) is 46.6. The lowest BCUT2D eigenvalue weighted by molar-refractivity contribution is -0.137. The molecule has 0 bridgehead atoms. The Morgan fingerprint density at radius 2 is 1.77 bits per heavy atom. The van der Waals surface area contributed by atoms with Crippen LogP contribution in [0.3, 0.4) is 0 Å². The number of carboxylic acid groups (broad SMARTS) is 2. The summed E-state index contributed by atoms with van der Waals surface area (Å²) in [7, 11) is 0. The number of aliphatic hydroxyl groups excluding tert-OH is 2. The second-order valence-corrected chi connectivity index (χ2v) is 13.6. The molecule has 0 aliphatic carbocycles. The zero-order valence-electron chi connectivity index (χ0n) is 26.3. The third-order valence-corrected chi connectivity index (χ3v) is 10.4. The van der Waals surface area contributed by atoms with E-state index in [9.17, 15) is 39.6 Å². The standard InChI is InChI=1S/C33H39N5O8S/c1-5-16-18(11-39)31(38-33(16)46)29(34)30-14(3)27(23(40)10-26(43)44)21(36-30)9-20-17(6-7-25(41)42)13(2)19(35-20)8-22-28(24-12-47-24)15(4)32(45)37-22/h5,8-9,11,15-16,24,28-29,31,35-36,39-40H,1,6-7,10,12,34H2,2-4H3,(H,37,45)(H,38,46)(H,41,42)(H,43,44)/p+1/b18-11+,21-9-,22-8-,27-23+/t15-,16?,24+,28-,29?,31+/m1/s1. The third kappa shape index (κ3) is 6.47. The Balaban J connectivity index is 1.68. The van der Waals surface area contributed by atoms with Crippen molar-refractivity contribution in [2.75, 3.05) is 5.75 Å². The van der Waals surface area contributed by atoms with Crippen molar-refractivity contribution in [3.63, 3.8) is 0 Å². The number of carboxylic acids is 2. The Bertz CT molecular complexity index is 1850. The number of thiol groups is 1. The van der Waals surface area contributed by atoms with Crippen LogP contribution < -0.4 is 26.9 Å². The van der Waals surface area contributed by atoms with E-state index in [1.54, 1.807) is 13.0 Å². The number of aromatic amines is 2. The molecule has 5 rings (SSSR count). The lowest BCUT2D eigenvalue weighted by Crippen LogP contribution is -2.37. The number of carbonyl (C=O) groups is 4. The molecular formula is C33H40N5O8S+. The molecule has 3 aliphatic heterocycles. The van der Waals surface area contributed by atoms with E-state index in [0.717, 1.165) is 23.3 Å². The van der Waals surface area contributed by atoms with Crippen molar-refractivity contribution < 1.29 is 39.6 Å². The van der Waals surface area contributed by atoms with Crippen molar-refractivity contribution in [1.29, 1.82) is 0 Å². The summed E-state index contributed by atoms with van der Waals surface area (Å²) < 4.78 is 0.